The lowest BCUT2D eigenvalue weighted by Gasteiger charge is -2.36. The highest BCUT2D eigenvalue weighted by Crippen LogP contribution is 2.31. The number of rotatable bonds is 5. The van der Waals surface area contributed by atoms with Gasteiger partial charge >= 0.3 is 0 Å². The van der Waals surface area contributed by atoms with Crippen LogP contribution < -0.4 is 9.47 Å². The van der Waals surface area contributed by atoms with Gasteiger partial charge in [-0.05, 0) is 30.5 Å². The molecule has 0 radical (unpaired) electrons. The second-order valence-corrected chi connectivity index (χ2v) is 6.87. The van der Waals surface area contributed by atoms with Crippen LogP contribution >= 0.6 is 0 Å². The van der Waals surface area contributed by atoms with Gasteiger partial charge < -0.3 is 19.3 Å². The monoisotopic (exact) mass is 360 g/mol. The van der Waals surface area contributed by atoms with E-state index in [1.165, 1.54) is 0 Å². The van der Waals surface area contributed by atoms with Gasteiger partial charge in [0.05, 0.1) is 6.42 Å². The number of carbonyl (C=O) groups is 2. The van der Waals surface area contributed by atoms with E-state index in [0.29, 0.717) is 51.6 Å². The first-order valence-corrected chi connectivity index (χ1v) is 9.57. The van der Waals surface area contributed by atoms with Gasteiger partial charge in [-0.15, -0.1) is 0 Å². The minimum absolute atomic E-state index is 0.0938. The van der Waals surface area contributed by atoms with Crippen LogP contribution in [0.4, 0.5) is 0 Å². The fourth-order valence-corrected chi connectivity index (χ4v) is 3.56. The zero-order valence-electron chi connectivity index (χ0n) is 15.7. The number of carbonyl (C=O) groups excluding carboxylic acids is 2. The molecular formula is C20H28N2O4. The van der Waals surface area contributed by atoms with Crippen LogP contribution in [0.5, 0.6) is 11.5 Å². The van der Waals surface area contributed by atoms with E-state index < -0.39 is 0 Å². The van der Waals surface area contributed by atoms with Crippen LogP contribution in [0.1, 0.15) is 32.3 Å². The fourth-order valence-electron chi connectivity index (χ4n) is 3.56. The lowest BCUT2D eigenvalue weighted by Crippen LogP contribution is -2.52. The number of hydrogen-bond acceptors (Lipinski definition) is 4. The molecular weight excluding hydrogens is 332 g/mol. The minimum Gasteiger partial charge on any atom is -0.486 e. The van der Waals surface area contributed by atoms with Crippen LogP contribution in [0.25, 0.3) is 0 Å². The molecule has 0 saturated carbocycles. The quantitative estimate of drug-likeness (QED) is 0.807. The molecule has 142 valence electrons. The van der Waals surface area contributed by atoms with Crippen LogP contribution in [-0.4, -0.2) is 61.0 Å². The van der Waals surface area contributed by atoms with Crippen LogP contribution in [0.2, 0.25) is 0 Å². The van der Waals surface area contributed by atoms with Crippen molar-refractivity contribution in [2.45, 2.75) is 33.1 Å². The summed E-state index contributed by atoms with van der Waals surface area (Å²) in [4.78, 5) is 28.8. The van der Waals surface area contributed by atoms with Gasteiger partial charge in [0.25, 0.3) is 0 Å². The maximum Gasteiger partial charge on any atom is 0.227 e. The molecule has 0 bridgehead atoms. The van der Waals surface area contributed by atoms with Crippen LogP contribution in [-0.2, 0) is 16.0 Å². The van der Waals surface area contributed by atoms with Crippen molar-refractivity contribution >= 4 is 11.8 Å². The smallest absolute Gasteiger partial charge is 0.227 e. The van der Waals surface area contributed by atoms with E-state index in [1.807, 2.05) is 28.0 Å². The molecule has 0 atom stereocenters. The molecule has 0 unspecified atom stereocenters. The van der Waals surface area contributed by atoms with E-state index in [2.05, 4.69) is 13.8 Å². The summed E-state index contributed by atoms with van der Waals surface area (Å²) in [6, 6.07) is 5.67. The lowest BCUT2D eigenvalue weighted by atomic mass is 10.0. The van der Waals surface area contributed by atoms with E-state index in [0.717, 1.165) is 24.2 Å². The lowest BCUT2D eigenvalue weighted by molar-refractivity contribution is -0.142. The number of benzene rings is 1. The first-order chi connectivity index (χ1) is 12.6. The van der Waals surface area contributed by atoms with E-state index in [9.17, 15) is 9.59 Å². The Labute approximate surface area is 155 Å². The molecule has 2 aliphatic heterocycles. The average molecular weight is 360 g/mol. The van der Waals surface area contributed by atoms with Gasteiger partial charge in [0, 0.05) is 32.1 Å². The highest BCUT2D eigenvalue weighted by molar-refractivity contribution is 5.81. The van der Waals surface area contributed by atoms with Gasteiger partial charge in [-0.1, -0.05) is 19.9 Å². The number of nitrogens with zero attached hydrogens (tertiary/aromatic N) is 2. The van der Waals surface area contributed by atoms with E-state index in [1.54, 1.807) is 0 Å². The summed E-state index contributed by atoms with van der Waals surface area (Å²) in [5.74, 6) is 1.88. The summed E-state index contributed by atoms with van der Waals surface area (Å²) < 4.78 is 11.1. The maximum atomic E-state index is 12.6. The SMILES string of the molecule is CCC(CC)C(=O)N1CCN(C(=O)Cc2ccc3c(c2)OCCO3)CC1. The standard InChI is InChI=1S/C20H28N2O4/c1-3-16(4-2)20(24)22-9-7-21(8-10-22)19(23)14-15-5-6-17-18(13-15)26-12-11-25-17/h5-6,13,16H,3-4,7-12,14H2,1-2H3. The number of hydrogen-bond donors (Lipinski definition) is 0. The third-order valence-electron chi connectivity index (χ3n) is 5.24. The molecule has 0 aliphatic carbocycles. The first-order valence-electron chi connectivity index (χ1n) is 9.57. The summed E-state index contributed by atoms with van der Waals surface area (Å²) in [6.45, 7) is 7.68. The molecule has 26 heavy (non-hydrogen) atoms. The molecule has 0 spiro atoms. The van der Waals surface area contributed by atoms with Crippen molar-refractivity contribution in [1.82, 2.24) is 9.80 Å². The molecule has 1 fully saturated rings. The molecule has 1 aromatic rings. The second-order valence-electron chi connectivity index (χ2n) is 6.87. The predicted molar refractivity (Wildman–Crippen MR) is 98.4 cm³/mol. The minimum atomic E-state index is 0.0938. The normalized spacial score (nSPS) is 16.7. The molecule has 2 aliphatic rings. The number of fused-ring (bicyclic) bond motifs is 1. The second kappa shape index (κ2) is 8.43. The molecule has 0 aromatic heterocycles. The van der Waals surface area contributed by atoms with Crippen molar-refractivity contribution in [3.8, 4) is 11.5 Å². The van der Waals surface area contributed by atoms with E-state index >= 15 is 0 Å². The summed E-state index contributed by atoms with van der Waals surface area (Å²) in [7, 11) is 0. The molecule has 1 aromatic carbocycles. The van der Waals surface area contributed by atoms with Gasteiger partial charge in [0.2, 0.25) is 11.8 Å². The third-order valence-corrected chi connectivity index (χ3v) is 5.24. The van der Waals surface area contributed by atoms with Crippen molar-refractivity contribution in [2.24, 2.45) is 5.92 Å². The molecule has 6 heteroatoms. The molecule has 2 heterocycles. The summed E-state index contributed by atoms with van der Waals surface area (Å²) >= 11 is 0. The van der Waals surface area contributed by atoms with Gasteiger partial charge in [0.15, 0.2) is 11.5 Å². The highest BCUT2D eigenvalue weighted by Gasteiger charge is 2.27. The molecule has 1 saturated heterocycles. The van der Waals surface area contributed by atoms with E-state index in [-0.39, 0.29) is 17.7 Å². The van der Waals surface area contributed by atoms with Crippen molar-refractivity contribution in [3.05, 3.63) is 23.8 Å². The molecule has 3 rings (SSSR count). The number of ether oxygens (including phenoxy) is 2. The first kappa shape index (κ1) is 18.5. The Balaban J connectivity index is 1.53. The zero-order chi connectivity index (χ0) is 18.5. The summed E-state index contributed by atoms with van der Waals surface area (Å²) in [6.07, 6.45) is 2.09. The predicted octanol–water partition coefficient (Wildman–Crippen LogP) is 2.11. The average Bonchev–Trinajstić information content (AvgIpc) is 2.69. The zero-order valence-corrected chi connectivity index (χ0v) is 15.7. The maximum absolute atomic E-state index is 12.6. The Bertz CT molecular complexity index is 649. The summed E-state index contributed by atoms with van der Waals surface area (Å²) in [5, 5.41) is 0. The van der Waals surface area contributed by atoms with Gasteiger partial charge in [-0.25, -0.2) is 0 Å². The topological polar surface area (TPSA) is 59.1 Å². The van der Waals surface area contributed by atoms with Gasteiger partial charge in [-0.2, -0.15) is 0 Å². The number of piperazine rings is 1. The van der Waals surface area contributed by atoms with Crippen LogP contribution in [0, 0.1) is 5.92 Å². The molecule has 6 nitrogen and oxygen atoms in total. The van der Waals surface area contributed by atoms with Gasteiger partial charge in [-0.3, -0.25) is 9.59 Å². The fraction of sp³-hybridized carbons (Fsp3) is 0.600. The highest BCUT2D eigenvalue weighted by atomic mass is 16.6. The van der Waals surface area contributed by atoms with Crippen LogP contribution in [0.3, 0.4) is 0 Å². The third kappa shape index (κ3) is 4.11. The largest absolute Gasteiger partial charge is 0.486 e. The molecule has 2 amide bonds. The number of amides is 2. The van der Waals surface area contributed by atoms with Crippen LogP contribution in [0.15, 0.2) is 18.2 Å². The van der Waals surface area contributed by atoms with Crippen molar-refractivity contribution in [3.63, 3.8) is 0 Å². The van der Waals surface area contributed by atoms with E-state index in [4.69, 9.17) is 9.47 Å². The van der Waals surface area contributed by atoms with Gasteiger partial charge in [0.1, 0.15) is 13.2 Å². The van der Waals surface area contributed by atoms with Crippen molar-refractivity contribution in [2.75, 3.05) is 39.4 Å². The Kier molecular flexibility index (Phi) is 6.01. The Hall–Kier alpha value is -2.24. The molecule has 0 N–H and O–H groups in total. The Morgan fingerprint density at radius 3 is 2.23 bits per heavy atom. The van der Waals surface area contributed by atoms with Crippen molar-refractivity contribution in [1.29, 1.82) is 0 Å². The Morgan fingerprint density at radius 1 is 0.962 bits per heavy atom. The Morgan fingerprint density at radius 2 is 1.58 bits per heavy atom. The summed E-state index contributed by atoms with van der Waals surface area (Å²) in [5.41, 5.74) is 0.926. The van der Waals surface area contributed by atoms with Crippen molar-refractivity contribution < 1.29 is 19.1 Å².